The van der Waals surface area contributed by atoms with Crippen LogP contribution in [0.4, 0.5) is 34.8 Å². The van der Waals surface area contributed by atoms with Crippen molar-refractivity contribution in [2.45, 2.75) is 81.1 Å². The van der Waals surface area contributed by atoms with Crippen LogP contribution in [0, 0.1) is 75.3 Å². The van der Waals surface area contributed by atoms with Crippen LogP contribution in [0.5, 0.6) is 0 Å². The second kappa shape index (κ2) is 37.0. The van der Waals surface area contributed by atoms with E-state index in [-0.39, 0.29) is 44.2 Å². The number of nitro groups is 3. The summed E-state index contributed by atoms with van der Waals surface area (Å²) in [7, 11) is 0. The molecule has 0 aliphatic heterocycles. The van der Waals surface area contributed by atoms with Gasteiger partial charge in [-0.15, -0.1) is 0 Å². The van der Waals surface area contributed by atoms with Crippen molar-refractivity contribution in [2.75, 3.05) is 42.1 Å². The van der Waals surface area contributed by atoms with E-state index in [1.54, 1.807) is 10.8 Å². The average Bonchev–Trinajstić information content (AvgIpc) is 3.47. The van der Waals surface area contributed by atoms with Crippen molar-refractivity contribution in [3.8, 4) is 10.8 Å². The minimum absolute atomic E-state index is 0.0205. The maximum Gasteiger partial charge on any atom is 0.329 e. The molecular formula is C51H60Br3ClN18O6S2. The number of hydrogen-bond acceptors (Lipinski definition) is 23. The number of thiocyanates is 2. The van der Waals surface area contributed by atoms with E-state index in [0.717, 1.165) is 99.7 Å². The van der Waals surface area contributed by atoms with E-state index < -0.39 is 14.8 Å². The lowest BCUT2D eigenvalue weighted by Crippen LogP contribution is -2.25. The molecule has 8 rings (SSSR count). The first kappa shape index (κ1) is 67.3. The van der Waals surface area contributed by atoms with Crippen LogP contribution >= 0.6 is 82.9 Å². The number of aromatic nitrogens is 6. The molecule has 2 aliphatic rings. The van der Waals surface area contributed by atoms with Gasteiger partial charge in [-0.2, -0.15) is 20.5 Å². The lowest BCUT2D eigenvalue weighted by atomic mass is 9.82. The van der Waals surface area contributed by atoms with Crippen LogP contribution in [0.25, 0.3) is 0 Å². The minimum atomic E-state index is -0.671. The molecule has 0 spiro atoms. The summed E-state index contributed by atoms with van der Waals surface area (Å²) in [6.45, 7) is 4.72. The van der Waals surface area contributed by atoms with Gasteiger partial charge in [-0.1, -0.05) is 102 Å². The summed E-state index contributed by atoms with van der Waals surface area (Å²) in [4.78, 5) is 54.1. The van der Waals surface area contributed by atoms with Gasteiger partial charge in [-0.05, 0) is 141 Å². The number of rotatable bonds is 18. The third-order valence-corrected chi connectivity index (χ3v) is 16.2. The van der Waals surface area contributed by atoms with Crippen LogP contribution in [0.1, 0.15) is 68.1 Å². The van der Waals surface area contributed by atoms with E-state index in [1.807, 2.05) is 72.8 Å². The molecule has 81 heavy (non-hydrogen) atoms. The van der Waals surface area contributed by atoms with Gasteiger partial charge >= 0.3 is 17.1 Å². The van der Waals surface area contributed by atoms with Gasteiger partial charge < -0.3 is 38.9 Å². The number of hydrogen-bond donors (Lipinski definition) is 7. The van der Waals surface area contributed by atoms with E-state index in [1.165, 1.54) is 31.9 Å². The van der Waals surface area contributed by atoms with Gasteiger partial charge in [0.2, 0.25) is 23.0 Å². The van der Waals surface area contributed by atoms with Gasteiger partial charge in [0.25, 0.3) is 0 Å². The van der Waals surface area contributed by atoms with Gasteiger partial charge in [0.1, 0.15) is 29.4 Å². The van der Waals surface area contributed by atoms with Gasteiger partial charge in [0, 0.05) is 63.1 Å². The molecule has 0 atom stereocenters. The number of nitriles is 2. The van der Waals surface area contributed by atoms with E-state index in [0.29, 0.717) is 67.5 Å². The van der Waals surface area contributed by atoms with Crippen LogP contribution < -0.4 is 38.9 Å². The third-order valence-electron chi connectivity index (χ3n) is 12.5. The number of benzene rings is 3. The second-order valence-electron chi connectivity index (χ2n) is 17.8. The van der Waals surface area contributed by atoms with Crippen LogP contribution in [-0.4, -0.2) is 70.9 Å². The molecule has 0 unspecified atom stereocenters. The van der Waals surface area contributed by atoms with Crippen molar-refractivity contribution in [1.82, 2.24) is 29.9 Å². The molecule has 0 bridgehead atoms. The summed E-state index contributed by atoms with van der Waals surface area (Å²) in [5.74, 6) is 3.53. The first-order valence-corrected chi connectivity index (χ1v) is 29.5. The summed E-state index contributed by atoms with van der Waals surface area (Å²) in [5.41, 5.74) is 24.8. The smallest absolute Gasteiger partial charge is 0.329 e. The summed E-state index contributed by atoms with van der Waals surface area (Å²) < 4.78 is 3.01. The van der Waals surface area contributed by atoms with Crippen molar-refractivity contribution in [3.05, 3.63) is 157 Å². The Morgan fingerprint density at radius 1 is 0.543 bits per heavy atom. The predicted molar refractivity (Wildman–Crippen MR) is 326 cm³/mol. The first-order chi connectivity index (χ1) is 39.0. The van der Waals surface area contributed by atoms with Gasteiger partial charge in [0.15, 0.2) is 10.1 Å². The largest absolute Gasteiger partial charge is 0.364 e. The van der Waals surface area contributed by atoms with Crippen LogP contribution in [0.15, 0.2) is 115 Å². The van der Waals surface area contributed by atoms with E-state index >= 15 is 0 Å². The molecule has 430 valence electrons. The minimum Gasteiger partial charge on any atom is -0.364 e. The van der Waals surface area contributed by atoms with Crippen molar-refractivity contribution >= 4 is 118 Å². The number of anilines is 3. The molecule has 2 fully saturated rings. The summed E-state index contributed by atoms with van der Waals surface area (Å²) in [6, 6.07) is 23.4. The van der Waals surface area contributed by atoms with E-state index in [9.17, 15) is 30.3 Å². The maximum atomic E-state index is 11.3. The zero-order valence-electron chi connectivity index (χ0n) is 43.6. The predicted octanol–water partition coefficient (Wildman–Crippen LogP) is 11.5. The zero-order chi connectivity index (χ0) is 59.1. The molecule has 30 heteroatoms. The molecule has 0 saturated heterocycles. The molecule has 6 aromatic rings. The Bertz CT molecular complexity index is 3050. The standard InChI is InChI=1S/C19H25BrN6O2.C12H8BrN5O2S.C8H18N2.C7H8BrN.C5HClN4O2S/c20-16-4-2-1-3-15(16)11-23-19-24-12-17(26(27)28)18(25-19)22-10-14-7-5-13(9-21)6-8-14;13-9-4-2-1-3-8(9)5-15-12-16-6-10(18(19)20)11(17-12)21-7-14;9-5-7-1-2-8(6-10)4-3-7;8-7-4-2-1-3-6(7)5-9;6-5-8-1-3(10(11)12)4(9-5)13-2-7/h1-4,12-14H,5-11,21H2,(H2,22,23,24,25);1-4,6H,5H2,(H,15,16,17);7-8H,1-6,9-10H2;1-4H,5,9H2;1H. The Morgan fingerprint density at radius 2 is 0.914 bits per heavy atom. The van der Waals surface area contributed by atoms with Crippen molar-refractivity contribution in [1.29, 1.82) is 10.5 Å². The van der Waals surface area contributed by atoms with Gasteiger partial charge in [-0.3, -0.25) is 30.3 Å². The van der Waals surface area contributed by atoms with Crippen LogP contribution in [0.2, 0.25) is 5.28 Å². The molecule has 2 aliphatic carbocycles. The van der Waals surface area contributed by atoms with Crippen molar-refractivity contribution in [3.63, 3.8) is 0 Å². The normalized spacial score (nSPS) is 16.0. The summed E-state index contributed by atoms with van der Waals surface area (Å²) in [5, 5.41) is 62.0. The highest BCUT2D eigenvalue weighted by atomic mass is 79.9. The monoisotopic (exact) mass is 1360 g/mol. The Morgan fingerprint density at radius 3 is 1.30 bits per heavy atom. The number of nitrogens with two attached hydrogens (primary N) is 4. The number of thioether (sulfide) groups is 2. The molecule has 3 aromatic carbocycles. The Hall–Kier alpha value is -6.25. The van der Waals surface area contributed by atoms with E-state index in [4.69, 9.17) is 45.1 Å². The highest BCUT2D eigenvalue weighted by Crippen LogP contribution is 2.32. The Kier molecular flexibility index (Phi) is 30.7. The maximum absolute atomic E-state index is 11.3. The van der Waals surface area contributed by atoms with Gasteiger partial charge in [0.05, 0.1) is 14.8 Å². The molecular weight excluding hydrogens is 1300 g/mol. The molecule has 0 radical (unpaired) electrons. The highest BCUT2D eigenvalue weighted by molar-refractivity contribution is 9.11. The van der Waals surface area contributed by atoms with Crippen molar-refractivity contribution < 1.29 is 14.8 Å². The molecule has 2 saturated carbocycles. The Balaban J connectivity index is 0.000000233. The second-order valence-corrected chi connectivity index (χ2v) is 22.3. The molecule has 0 amide bonds. The third kappa shape index (κ3) is 23.6. The zero-order valence-corrected chi connectivity index (χ0v) is 50.7. The number of nitrogens with one attached hydrogen (secondary N) is 3. The number of nitrogens with zero attached hydrogens (tertiary/aromatic N) is 11. The Labute approximate surface area is 507 Å². The lowest BCUT2D eigenvalue weighted by molar-refractivity contribution is -0.388. The molecule has 11 N–H and O–H groups in total. The summed E-state index contributed by atoms with van der Waals surface area (Å²) >= 11 is 16.9. The number of halogens is 4. The van der Waals surface area contributed by atoms with E-state index in [2.05, 4.69) is 93.6 Å². The fourth-order valence-corrected chi connectivity index (χ4v) is 10.3. The topological polar surface area (TPSA) is 395 Å². The van der Waals surface area contributed by atoms with Crippen molar-refractivity contribution in [2.24, 2.45) is 46.6 Å². The highest BCUT2D eigenvalue weighted by Gasteiger charge is 2.24. The molecule has 3 heterocycles. The lowest BCUT2D eigenvalue weighted by Gasteiger charge is -2.27. The summed E-state index contributed by atoms with van der Waals surface area (Å²) in [6.07, 6.45) is 12.9. The van der Waals surface area contributed by atoms with Gasteiger partial charge in [-0.25, -0.2) is 19.9 Å². The first-order valence-electron chi connectivity index (χ1n) is 25.1. The van der Waals surface area contributed by atoms with Crippen LogP contribution in [-0.2, 0) is 19.6 Å². The van der Waals surface area contributed by atoms with Crippen LogP contribution in [0.3, 0.4) is 0 Å². The quantitative estimate of drug-likeness (QED) is 0.0105. The molecule has 3 aromatic heterocycles. The fraction of sp³-hybridized carbons (Fsp3) is 0.373. The fourth-order valence-electron chi connectivity index (χ4n) is 7.91. The molecule has 24 nitrogen and oxygen atoms in total. The average molecular weight is 1360 g/mol. The SMILES string of the molecule is N#CSc1nc(Cl)ncc1[N+](=O)[O-].N#CSc1nc(NCc2ccccc2Br)ncc1[N+](=O)[O-].NCC1CCC(CN)CC1.NCC1CCC(CNc2nc(NCc3ccccc3Br)ncc2[N+](=O)[O-])CC1.NCc1ccccc1Br.